The summed E-state index contributed by atoms with van der Waals surface area (Å²) in [5, 5.41) is 10.5. The minimum Gasteiger partial charge on any atom is -0.389 e. The first-order valence-electron chi connectivity index (χ1n) is 6.86. The second kappa shape index (κ2) is 5.66. The SMILES string of the molecule is CC1(C)O[C@H]2OC[C@@H](SCc3ccccc3)[C@H](O)[C@H]2O1. The van der Waals surface area contributed by atoms with Crippen molar-refractivity contribution >= 4 is 11.8 Å². The molecule has 1 aromatic rings. The number of fused-ring (bicyclic) bond motifs is 1. The van der Waals surface area contributed by atoms with Gasteiger partial charge in [0.15, 0.2) is 12.1 Å². The van der Waals surface area contributed by atoms with Crippen molar-refractivity contribution in [2.45, 2.75) is 49.1 Å². The number of rotatable bonds is 3. The van der Waals surface area contributed by atoms with E-state index in [-0.39, 0.29) is 5.25 Å². The van der Waals surface area contributed by atoms with E-state index in [1.807, 2.05) is 32.0 Å². The van der Waals surface area contributed by atoms with Gasteiger partial charge in [0.25, 0.3) is 0 Å². The van der Waals surface area contributed by atoms with Crippen molar-refractivity contribution in [1.82, 2.24) is 0 Å². The highest BCUT2D eigenvalue weighted by molar-refractivity contribution is 7.99. The van der Waals surface area contributed by atoms with Gasteiger partial charge in [-0.1, -0.05) is 30.3 Å². The molecule has 2 heterocycles. The Hall–Kier alpha value is -0.590. The summed E-state index contributed by atoms with van der Waals surface area (Å²) in [5.74, 6) is 0.170. The van der Waals surface area contributed by atoms with E-state index in [1.165, 1.54) is 5.56 Å². The lowest BCUT2D eigenvalue weighted by atomic mass is 10.1. The first-order chi connectivity index (χ1) is 9.55. The van der Waals surface area contributed by atoms with Crippen molar-refractivity contribution in [3.63, 3.8) is 0 Å². The van der Waals surface area contributed by atoms with Crippen LogP contribution < -0.4 is 0 Å². The Morgan fingerprint density at radius 1 is 1.25 bits per heavy atom. The Morgan fingerprint density at radius 2 is 2.00 bits per heavy atom. The second-order valence-corrected chi connectivity index (χ2v) is 6.86. The Balaban J connectivity index is 1.59. The maximum atomic E-state index is 10.4. The minimum absolute atomic E-state index is 0.00829. The quantitative estimate of drug-likeness (QED) is 0.926. The molecule has 3 rings (SSSR count). The fourth-order valence-corrected chi connectivity index (χ4v) is 3.67. The van der Waals surface area contributed by atoms with Gasteiger partial charge in [0.05, 0.1) is 18.0 Å². The van der Waals surface area contributed by atoms with Gasteiger partial charge in [0.2, 0.25) is 0 Å². The first-order valence-corrected chi connectivity index (χ1v) is 7.91. The highest BCUT2D eigenvalue weighted by atomic mass is 32.2. The third-order valence-electron chi connectivity index (χ3n) is 3.54. The molecule has 0 radical (unpaired) electrons. The molecule has 0 unspecified atom stereocenters. The molecule has 5 heteroatoms. The van der Waals surface area contributed by atoms with Crippen molar-refractivity contribution in [3.05, 3.63) is 35.9 Å². The normalized spacial score (nSPS) is 35.8. The lowest BCUT2D eigenvalue weighted by Gasteiger charge is -2.34. The molecular weight excluding hydrogens is 276 g/mol. The van der Waals surface area contributed by atoms with Gasteiger partial charge in [0, 0.05) is 5.75 Å². The van der Waals surface area contributed by atoms with Crippen LogP contribution in [0, 0.1) is 0 Å². The molecule has 0 aromatic heterocycles. The zero-order valence-electron chi connectivity index (χ0n) is 11.7. The van der Waals surface area contributed by atoms with Crippen molar-refractivity contribution in [1.29, 1.82) is 0 Å². The Labute approximate surface area is 123 Å². The van der Waals surface area contributed by atoms with E-state index in [2.05, 4.69) is 12.1 Å². The van der Waals surface area contributed by atoms with E-state index in [4.69, 9.17) is 14.2 Å². The average Bonchev–Trinajstić information content (AvgIpc) is 2.75. The molecule has 110 valence electrons. The van der Waals surface area contributed by atoms with Crippen LogP contribution in [0.15, 0.2) is 30.3 Å². The van der Waals surface area contributed by atoms with Crippen LogP contribution in [0.2, 0.25) is 0 Å². The van der Waals surface area contributed by atoms with Gasteiger partial charge in [-0.2, -0.15) is 0 Å². The number of hydrogen-bond acceptors (Lipinski definition) is 5. The molecule has 2 fully saturated rings. The molecular formula is C15H20O4S. The van der Waals surface area contributed by atoms with Gasteiger partial charge < -0.3 is 19.3 Å². The molecule has 4 atom stereocenters. The summed E-state index contributed by atoms with van der Waals surface area (Å²) in [6.45, 7) is 4.17. The maximum absolute atomic E-state index is 10.4. The van der Waals surface area contributed by atoms with Crippen LogP contribution in [0.5, 0.6) is 0 Å². The molecule has 2 aliphatic rings. The number of benzene rings is 1. The van der Waals surface area contributed by atoms with Crippen molar-refractivity contribution < 1.29 is 19.3 Å². The number of thioether (sulfide) groups is 1. The van der Waals surface area contributed by atoms with Gasteiger partial charge in [-0.05, 0) is 19.4 Å². The zero-order chi connectivity index (χ0) is 14.2. The van der Waals surface area contributed by atoms with Crippen molar-refractivity contribution in [2.24, 2.45) is 0 Å². The summed E-state index contributed by atoms with van der Waals surface area (Å²) >= 11 is 1.70. The van der Waals surface area contributed by atoms with E-state index in [0.717, 1.165) is 5.75 Å². The van der Waals surface area contributed by atoms with Gasteiger partial charge in [-0.15, -0.1) is 11.8 Å². The van der Waals surface area contributed by atoms with E-state index in [0.29, 0.717) is 6.61 Å². The molecule has 2 saturated heterocycles. The average molecular weight is 296 g/mol. The molecule has 0 amide bonds. The zero-order valence-corrected chi connectivity index (χ0v) is 12.5. The monoisotopic (exact) mass is 296 g/mol. The molecule has 0 spiro atoms. The Bertz CT molecular complexity index is 450. The Morgan fingerprint density at radius 3 is 2.75 bits per heavy atom. The third kappa shape index (κ3) is 3.02. The fraction of sp³-hybridized carbons (Fsp3) is 0.600. The summed E-state index contributed by atoms with van der Waals surface area (Å²) < 4.78 is 17.0. The smallest absolute Gasteiger partial charge is 0.189 e. The van der Waals surface area contributed by atoms with Crippen LogP contribution in [0.1, 0.15) is 19.4 Å². The summed E-state index contributed by atoms with van der Waals surface area (Å²) in [7, 11) is 0. The van der Waals surface area contributed by atoms with Crippen molar-refractivity contribution in [3.8, 4) is 0 Å². The highest BCUT2D eigenvalue weighted by Crippen LogP contribution is 2.37. The predicted octanol–water partition coefficient (Wildman–Crippen LogP) is 2.16. The largest absolute Gasteiger partial charge is 0.389 e. The summed E-state index contributed by atoms with van der Waals surface area (Å²) in [6, 6.07) is 10.2. The molecule has 1 aromatic carbocycles. The predicted molar refractivity (Wildman–Crippen MR) is 77.3 cm³/mol. The summed E-state index contributed by atoms with van der Waals surface area (Å²) in [5.41, 5.74) is 1.25. The highest BCUT2D eigenvalue weighted by Gasteiger charge is 2.50. The molecule has 0 aliphatic carbocycles. The van der Waals surface area contributed by atoms with Crippen LogP contribution >= 0.6 is 11.8 Å². The number of aliphatic hydroxyl groups excluding tert-OH is 1. The molecule has 20 heavy (non-hydrogen) atoms. The maximum Gasteiger partial charge on any atom is 0.189 e. The topological polar surface area (TPSA) is 47.9 Å². The summed E-state index contributed by atoms with van der Waals surface area (Å²) in [6.07, 6.45) is -1.41. The van der Waals surface area contributed by atoms with Crippen LogP contribution in [-0.2, 0) is 20.0 Å². The van der Waals surface area contributed by atoms with Gasteiger partial charge in [-0.25, -0.2) is 0 Å². The van der Waals surface area contributed by atoms with Crippen LogP contribution in [0.25, 0.3) is 0 Å². The molecule has 0 saturated carbocycles. The number of ether oxygens (including phenoxy) is 3. The molecule has 4 nitrogen and oxygen atoms in total. The van der Waals surface area contributed by atoms with E-state index >= 15 is 0 Å². The van der Waals surface area contributed by atoms with Gasteiger partial charge >= 0.3 is 0 Å². The molecule has 2 aliphatic heterocycles. The first kappa shape index (κ1) is 14.4. The minimum atomic E-state index is -0.685. The second-order valence-electron chi connectivity index (χ2n) is 5.63. The fourth-order valence-electron chi connectivity index (χ4n) is 2.54. The molecule has 0 bridgehead atoms. The lowest BCUT2D eigenvalue weighted by molar-refractivity contribution is -0.193. The summed E-state index contributed by atoms with van der Waals surface area (Å²) in [4.78, 5) is 0. The van der Waals surface area contributed by atoms with E-state index < -0.39 is 24.3 Å². The van der Waals surface area contributed by atoms with Gasteiger partial charge in [-0.3, -0.25) is 0 Å². The number of hydrogen-bond donors (Lipinski definition) is 1. The molecule has 1 N–H and O–H groups in total. The van der Waals surface area contributed by atoms with Crippen LogP contribution in [-0.4, -0.2) is 41.2 Å². The lowest BCUT2D eigenvalue weighted by Crippen LogP contribution is -2.50. The van der Waals surface area contributed by atoms with Crippen LogP contribution in [0.4, 0.5) is 0 Å². The third-order valence-corrected chi connectivity index (χ3v) is 4.88. The van der Waals surface area contributed by atoms with E-state index in [1.54, 1.807) is 11.8 Å². The van der Waals surface area contributed by atoms with Crippen molar-refractivity contribution in [2.75, 3.05) is 6.61 Å². The standard InChI is InChI=1S/C15H20O4S/c1-15(2)18-13-12(16)11(8-17-14(13)19-15)20-9-10-6-4-3-5-7-10/h3-7,11-14,16H,8-9H2,1-2H3/t11-,12+,13-,14-/m1/s1. The number of aliphatic hydroxyl groups is 1. The van der Waals surface area contributed by atoms with E-state index in [9.17, 15) is 5.11 Å². The van der Waals surface area contributed by atoms with Crippen LogP contribution in [0.3, 0.4) is 0 Å². The van der Waals surface area contributed by atoms with Gasteiger partial charge in [0.1, 0.15) is 6.10 Å². The Kier molecular flexibility index (Phi) is 4.06.